The molecule has 0 radical (unpaired) electrons. The second-order valence-electron chi connectivity index (χ2n) is 2.86. The summed E-state index contributed by atoms with van der Waals surface area (Å²) in [6.45, 7) is 0. The molecule has 7 heteroatoms. The van der Waals surface area contributed by atoms with Gasteiger partial charge in [0.2, 0.25) is 10.0 Å². The first kappa shape index (κ1) is 9.10. The Morgan fingerprint density at radius 1 is 1.36 bits per heavy atom. The van der Waals surface area contributed by atoms with Crippen LogP contribution in [0.2, 0.25) is 0 Å². The number of aryl methyl sites for hydroxylation is 1. The largest absolute Gasteiger partial charge is 0.240 e. The van der Waals surface area contributed by atoms with Crippen molar-refractivity contribution in [1.82, 2.24) is 15.0 Å². The normalized spacial score (nSPS) is 12.1. The highest BCUT2D eigenvalue weighted by Crippen LogP contribution is 2.17. The van der Waals surface area contributed by atoms with E-state index < -0.39 is 10.0 Å². The van der Waals surface area contributed by atoms with Crippen LogP contribution in [0, 0.1) is 0 Å². The van der Waals surface area contributed by atoms with Gasteiger partial charge in [0.15, 0.2) is 0 Å². The second-order valence-corrected chi connectivity index (χ2v) is 4.39. The minimum absolute atomic E-state index is 0.00287. The molecule has 6 nitrogen and oxygen atoms in total. The first-order valence-electron chi connectivity index (χ1n) is 3.81. The van der Waals surface area contributed by atoms with Crippen molar-refractivity contribution in [1.29, 1.82) is 0 Å². The molecule has 0 unspecified atom stereocenters. The molecule has 1 aromatic heterocycles. The van der Waals surface area contributed by atoms with Crippen molar-refractivity contribution in [2.24, 2.45) is 12.2 Å². The summed E-state index contributed by atoms with van der Waals surface area (Å²) in [5, 5.41) is 12.9. The van der Waals surface area contributed by atoms with Crippen LogP contribution in [0.5, 0.6) is 0 Å². The van der Waals surface area contributed by atoms with Crippen LogP contribution in [-0.4, -0.2) is 23.4 Å². The number of fused-ring (bicyclic) bond motifs is 1. The first-order valence-corrected chi connectivity index (χ1v) is 5.36. The van der Waals surface area contributed by atoms with E-state index in [9.17, 15) is 8.42 Å². The van der Waals surface area contributed by atoms with E-state index in [4.69, 9.17) is 5.14 Å². The minimum Gasteiger partial charge on any atom is -0.225 e. The molecule has 0 amide bonds. The van der Waals surface area contributed by atoms with Crippen LogP contribution in [0.1, 0.15) is 0 Å². The van der Waals surface area contributed by atoms with Crippen molar-refractivity contribution < 1.29 is 8.42 Å². The maximum Gasteiger partial charge on any atom is 0.240 e. The molecule has 0 aliphatic heterocycles. The zero-order chi connectivity index (χ0) is 10.3. The smallest absolute Gasteiger partial charge is 0.225 e. The van der Waals surface area contributed by atoms with Gasteiger partial charge in [-0.25, -0.2) is 13.6 Å². The van der Waals surface area contributed by atoms with E-state index in [1.54, 1.807) is 19.2 Å². The van der Waals surface area contributed by atoms with E-state index in [0.717, 1.165) is 0 Å². The molecular formula is C7H8N4O2S. The maximum absolute atomic E-state index is 11.2. The molecule has 74 valence electrons. The molecule has 2 aromatic rings. The van der Waals surface area contributed by atoms with E-state index >= 15 is 0 Å². The van der Waals surface area contributed by atoms with E-state index in [1.807, 2.05) is 0 Å². The Morgan fingerprint density at radius 3 is 2.71 bits per heavy atom. The quantitative estimate of drug-likeness (QED) is 0.697. The van der Waals surface area contributed by atoms with Gasteiger partial charge < -0.3 is 0 Å². The number of aromatic nitrogens is 3. The summed E-state index contributed by atoms with van der Waals surface area (Å²) < 4.78 is 22.3. The van der Waals surface area contributed by atoms with E-state index in [0.29, 0.717) is 11.0 Å². The Bertz CT molecular complexity index is 587. The van der Waals surface area contributed by atoms with Crippen LogP contribution >= 0.6 is 0 Å². The van der Waals surface area contributed by atoms with Gasteiger partial charge in [-0.3, -0.25) is 0 Å². The number of benzene rings is 1. The van der Waals surface area contributed by atoms with Crippen molar-refractivity contribution in [2.75, 3.05) is 0 Å². The Labute approximate surface area is 80.4 Å². The van der Waals surface area contributed by atoms with Crippen molar-refractivity contribution >= 4 is 21.1 Å². The lowest BCUT2D eigenvalue weighted by molar-refractivity contribution is 0.598. The molecule has 1 heterocycles. The third-order valence-electron chi connectivity index (χ3n) is 1.78. The van der Waals surface area contributed by atoms with Gasteiger partial charge in [0.1, 0.15) is 15.9 Å². The molecule has 0 atom stereocenters. The lowest BCUT2D eigenvalue weighted by Crippen LogP contribution is -2.12. The third-order valence-corrected chi connectivity index (χ3v) is 2.72. The van der Waals surface area contributed by atoms with Crippen molar-refractivity contribution in [3.63, 3.8) is 0 Å². The molecule has 0 spiro atoms. The molecule has 0 aliphatic rings. The minimum atomic E-state index is -3.73. The lowest BCUT2D eigenvalue weighted by Gasteiger charge is -1.96. The van der Waals surface area contributed by atoms with Crippen LogP contribution < -0.4 is 5.14 Å². The predicted molar refractivity (Wildman–Crippen MR) is 49.9 cm³/mol. The molecule has 0 saturated carbocycles. The van der Waals surface area contributed by atoms with Gasteiger partial charge in [0.25, 0.3) is 0 Å². The number of hydrogen-bond donors (Lipinski definition) is 1. The SMILES string of the molecule is Cn1nc2cccc(S(N)(=O)=O)c2n1. The second kappa shape index (κ2) is 2.76. The van der Waals surface area contributed by atoms with Crippen LogP contribution in [0.15, 0.2) is 23.1 Å². The lowest BCUT2D eigenvalue weighted by atomic mass is 10.3. The average molecular weight is 212 g/mol. The Hall–Kier alpha value is -1.47. The van der Waals surface area contributed by atoms with Gasteiger partial charge in [-0.2, -0.15) is 15.0 Å². The van der Waals surface area contributed by atoms with Gasteiger partial charge >= 0.3 is 0 Å². The Morgan fingerprint density at radius 2 is 2.07 bits per heavy atom. The Kier molecular flexibility index (Phi) is 1.79. The van der Waals surface area contributed by atoms with Crippen LogP contribution in [0.4, 0.5) is 0 Å². The van der Waals surface area contributed by atoms with Gasteiger partial charge in [0, 0.05) is 7.05 Å². The highest BCUT2D eigenvalue weighted by atomic mass is 32.2. The standard InChI is InChI=1S/C7H8N4O2S/c1-11-9-5-3-2-4-6(7(5)10-11)14(8,12)13/h2-4H,1H3,(H2,8,12,13). The number of rotatable bonds is 1. The third kappa shape index (κ3) is 1.36. The molecule has 2 rings (SSSR count). The average Bonchev–Trinajstić information content (AvgIpc) is 2.41. The number of nitrogens with two attached hydrogens (primary N) is 1. The van der Waals surface area contributed by atoms with E-state index in [1.165, 1.54) is 10.9 Å². The summed E-state index contributed by atoms with van der Waals surface area (Å²) in [7, 11) is -2.11. The fourth-order valence-corrected chi connectivity index (χ4v) is 1.93. The fraction of sp³-hybridized carbons (Fsp3) is 0.143. The summed E-state index contributed by atoms with van der Waals surface area (Å²) in [6, 6.07) is 4.67. The summed E-state index contributed by atoms with van der Waals surface area (Å²) in [4.78, 5) is 1.31. The summed E-state index contributed by atoms with van der Waals surface area (Å²) >= 11 is 0. The topological polar surface area (TPSA) is 90.9 Å². The van der Waals surface area contributed by atoms with Crippen LogP contribution in [-0.2, 0) is 17.1 Å². The van der Waals surface area contributed by atoms with Gasteiger partial charge in [0.05, 0.1) is 0 Å². The van der Waals surface area contributed by atoms with E-state index in [2.05, 4.69) is 10.2 Å². The van der Waals surface area contributed by atoms with Gasteiger partial charge in [-0.15, -0.1) is 0 Å². The van der Waals surface area contributed by atoms with Gasteiger partial charge in [-0.1, -0.05) is 6.07 Å². The highest BCUT2D eigenvalue weighted by Gasteiger charge is 2.14. The van der Waals surface area contributed by atoms with Gasteiger partial charge in [-0.05, 0) is 12.1 Å². The zero-order valence-electron chi connectivity index (χ0n) is 7.38. The molecule has 0 aliphatic carbocycles. The first-order chi connectivity index (χ1) is 6.48. The number of primary sulfonamides is 1. The van der Waals surface area contributed by atoms with E-state index in [-0.39, 0.29) is 4.90 Å². The highest BCUT2D eigenvalue weighted by molar-refractivity contribution is 7.89. The van der Waals surface area contributed by atoms with Crippen LogP contribution in [0.3, 0.4) is 0 Å². The molecule has 0 fully saturated rings. The molecular weight excluding hydrogens is 204 g/mol. The number of sulfonamides is 1. The zero-order valence-corrected chi connectivity index (χ0v) is 8.19. The number of nitrogens with zero attached hydrogens (tertiary/aromatic N) is 3. The Balaban J connectivity index is 2.90. The molecule has 2 N–H and O–H groups in total. The monoisotopic (exact) mass is 212 g/mol. The predicted octanol–water partition coefficient (Wildman–Crippen LogP) is -0.384. The molecule has 14 heavy (non-hydrogen) atoms. The van der Waals surface area contributed by atoms with Crippen molar-refractivity contribution in [2.45, 2.75) is 4.90 Å². The maximum atomic E-state index is 11.2. The molecule has 0 bridgehead atoms. The number of hydrogen-bond acceptors (Lipinski definition) is 4. The molecule has 1 aromatic carbocycles. The van der Waals surface area contributed by atoms with Crippen molar-refractivity contribution in [3.05, 3.63) is 18.2 Å². The van der Waals surface area contributed by atoms with Crippen molar-refractivity contribution in [3.8, 4) is 0 Å². The summed E-state index contributed by atoms with van der Waals surface area (Å²) in [5.74, 6) is 0. The summed E-state index contributed by atoms with van der Waals surface area (Å²) in [5.41, 5.74) is 0.816. The van der Waals surface area contributed by atoms with Crippen LogP contribution in [0.25, 0.3) is 11.0 Å². The fourth-order valence-electron chi connectivity index (χ4n) is 1.24. The summed E-state index contributed by atoms with van der Waals surface area (Å²) in [6.07, 6.45) is 0. The molecule has 0 saturated heterocycles.